The summed E-state index contributed by atoms with van der Waals surface area (Å²) < 4.78 is 0. The maximum Gasteiger partial charge on any atom is 0.0540 e. The van der Waals surface area contributed by atoms with Gasteiger partial charge in [0.1, 0.15) is 0 Å². The van der Waals surface area contributed by atoms with Crippen molar-refractivity contribution in [3.8, 4) is 55.6 Å². The molecule has 0 N–H and O–H groups in total. The summed E-state index contributed by atoms with van der Waals surface area (Å²) in [6.07, 6.45) is 0. The molecule has 0 saturated heterocycles. The molecule has 0 aromatic heterocycles. The maximum absolute atomic E-state index is 2.45. The van der Waals surface area contributed by atoms with Crippen molar-refractivity contribution in [3.63, 3.8) is 0 Å². The third kappa shape index (κ3) is 5.63. The van der Waals surface area contributed by atoms with Crippen molar-refractivity contribution in [2.45, 2.75) is 19.3 Å². The van der Waals surface area contributed by atoms with E-state index in [-0.39, 0.29) is 5.41 Å². The third-order valence-corrected chi connectivity index (χ3v) is 11.7. The molecule has 10 rings (SSSR count). The summed E-state index contributed by atoms with van der Waals surface area (Å²) in [6, 6.07) is 77.5. The summed E-state index contributed by atoms with van der Waals surface area (Å²) in [5.41, 5.74) is 18.4. The first-order chi connectivity index (χ1) is 27.6. The van der Waals surface area contributed by atoms with E-state index in [9.17, 15) is 0 Å². The highest BCUT2D eigenvalue weighted by molar-refractivity contribution is 6.06. The lowest BCUT2D eigenvalue weighted by atomic mass is 9.81. The average molecular weight is 716 g/mol. The molecule has 1 nitrogen and oxygen atoms in total. The van der Waals surface area contributed by atoms with Crippen LogP contribution >= 0.6 is 0 Å². The van der Waals surface area contributed by atoms with Gasteiger partial charge in [-0.25, -0.2) is 0 Å². The van der Waals surface area contributed by atoms with Crippen molar-refractivity contribution in [2.24, 2.45) is 0 Å². The first-order valence-corrected chi connectivity index (χ1v) is 19.5. The number of hydrogen-bond acceptors (Lipinski definition) is 1. The number of para-hydroxylation sites is 2. The standard InChI is InChI=1S/C55H41N/c1-55(2)50-27-16-26-46(40-19-8-4-9-20-40)54(50)49-36-34-44(37-51(49)55)56(43-22-10-5-11-23-43)52-28-15-14-25-47(52)48-35-33-41-21-12-13-24-45(41)53(48)42-31-29-39(30-32-42)38-17-6-3-7-18-38/h3-37H,1-2H3. The zero-order valence-electron chi connectivity index (χ0n) is 31.7. The number of nitrogens with zero attached hydrogens (tertiary/aromatic N) is 1. The minimum Gasteiger partial charge on any atom is -0.310 e. The minimum absolute atomic E-state index is 0.176. The average Bonchev–Trinajstić information content (AvgIpc) is 3.50. The molecule has 0 amide bonds. The maximum atomic E-state index is 2.45. The van der Waals surface area contributed by atoms with Crippen LogP contribution in [0.1, 0.15) is 25.0 Å². The molecule has 1 heteroatoms. The highest BCUT2D eigenvalue weighted by Crippen LogP contribution is 2.54. The molecule has 0 radical (unpaired) electrons. The van der Waals surface area contributed by atoms with Crippen LogP contribution in [0.15, 0.2) is 212 Å². The van der Waals surface area contributed by atoms with Gasteiger partial charge in [0.05, 0.1) is 5.69 Å². The van der Waals surface area contributed by atoms with Gasteiger partial charge in [-0.15, -0.1) is 0 Å². The monoisotopic (exact) mass is 715 g/mol. The van der Waals surface area contributed by atoms with Gasteiger partial charge in [0.15, 0.2) is 0 Å². The van der Waals surface area contributed by atoms with Gasteiger partial charge in [0.25, 0.3) is 0 Å². The molecule has 0 unspecified atom stereocenters. The van der Waals surface area contributed by atoms with Crippen LogP contribution in [0.5, 0.6) is 0 Å². The molecule has 1 aliphatic rings. The zero-order chi connectivity index (χ0) is 37.6. The van der Waals surface area contributed by atoms with Crippen LogP contribution in [0.3, 0.4) is 0 Å². The van der Waals surface area contributed by atoms with E-state index in [0.29, 0.717) is 0 Å². The summed E-state index contributed by atoms with van der Waals surface area (Å²) in [7, 11) is 0. The quantitative estimate of drug-likeness (QED) is 0.159. The SMILES string of the molecule is CC1(C)c2cc(N(c3ccccc3)c3ccccc3-c3ccc4ccccc4c3-c3ccc(-c4ccccc4)cc3)ccc2-c2c(-c3ccccc3)cccc21. The number of fused-ring (bicyclic) bond motifs is 4. The van der Waals surface area contributed by atoms with Crippen LogP contribution in [-0.2, 0) is 5.41 Å². The molecule has 0 atom stereocenters. The molecule has 9 aromatic rings. The second-order valence-electron chi connectivity index (χ2n) is 15.3. The molecule has 0 fully saturated rings. The fourth-order valence-electron chi connectivity index (χ4n) is 8.94. The normalized spacial score (nSPS) is 12.6. The van der Waals surface area contributed by atoms with E-state index in [4.69, 9.17) is 0 Å². The number of rotatable bonds is 7. The fourth-order valence-corrected chi connectivity index (χ4v) is 8.94. The Balaban J connectivity index is 1.16. The van der Waals surface area contributed by atoms with Crippen LogP contribution in [0.4, 0.5) is 17.1 Å². The largest absolute Gasteiger partial charge is 0.310 e. The second-order valence-corrected chi connectivity index (χ2v) is 15.3. The van der Waals surface area contributed by atoms with Crippen molar-refractivity contribution >= 4 is 27.8 Å². The molecule has 0 aliphatic heterocycles. The molecule has 9 aromatic carbocycles. The van der Waals surface area contributed by atoms with E-state index in [1.165, 1.54) is 77.5 Å². The second kappa shape index (κ2) is 13.7. The molecule has 1 aliphatic carbocycles. The summed E-state index contributed by atoms with van der Waals surface area (Å²) >= 11 is 0. The summed E-state index contributed by atoms with van der Waals surface area (Å²) in [4.78, 5) is 2.45. The van der Waals surface area contributed by atoms with Gasteiger partial charge >= 0.3 is 0 Å². The smallest absolute Gasteiger partial charge is 0.0540 e. The first-order valence-electron chi connectivity index (χ1n) is 19.5. The van der Waals surface area contributed by atoms with Gasteiger partial charge in [-0.05, 0) is 102 Å². The van der Waals surface area contributed by atoms with Crippen LogP contribution in [0.25, 0.3) is 66.4 Å². The molecular formula is C55H41N. The number of hydrogen-bond donors (Lipinski definition) is 0. The Labute approximate surface area is 329 Å². The van der Waals surface area contributed by atoms with E-state index in [1.54, 1.807) is 0 Å². The molecule has 0 bridgehead atoms. The van der Waals surface area contributed by atoms with Crippen molar-refractivity contribution in [2.75, 3.05) is 4.90 Å². The highest BCUT2D eigenvalue weighted by Gasteiger charge is 2.37. The predicted octanol–water partition coefficient (Wildman–Crippen LogP) is 15.3. The van der Waals surface area contributed by atoms with E-state index in [1.807, 2.05) is 0 Å². The van der Waals surface area contributed by atoms with E-state index in [0.717, 1.165) is 17.1 Å². The number of benzene rings is 9. The van der Waals surface area contributed by atoms with Crippen LogP contribution in [-0.4, -0.2) is 0 Å². The van der Waals surface area contributed by atoms with Crippen molar-refractivity contribution in [3.05, 3.63) is 223 Å². The molecule has 266 valence electrons. The van der Waals surface area contributed by atoms with Crippen molar-refractivity contribution < 1.29 is 0 Å². The number of anilines is 3. The van der Waals surface area contributed by atoms with Gasteiger partial charge in [-0.3, -0.25) is 0 Å². The zero-order valence-corrected chi connectivity index (χ0v) is 31.7. The minimum atomic E-state index is -0.176. The predicted molar refractivity (Wildman–Crippen MR) is 238 cm³/mol. The summed E-state index contributed by atoms with van der Waals surface area (Å²) in [5, 5.41) is 2.47. The molecule has 0 spiro atoms. The Morgan fingerprint density at radius 2 is 0.929 bits per heavy atom. The van der Waals surface area contributed by atoms with Gasteiger partial charge in [-0.1, -0.05) is 196 Å². The van der Waals surface area contributed by atoms with Gasteiger partial charge < -0.3 is 4.90 Å². The molecule has 0 heterocycles. The Kier molecular flexibility index (Phi) is 8.23. The van der Waals surface area contributed by atoms with Gasteiger partial charge in [0.2, 0.25) is 0 Å². The Hall–Kier alpha value is -6.96. The lowest BCUT2D eigenvalue weighted by molar-refractivity contribution is 0.660. The van der Waals surface area contributed by atoms with Gasteiger partial charge in [-0.2, -0.15) is 0 Å². The third-order valence-electron chi connectivity index (χ3n) is 11.7. The molecule has 56 heavy (non-hydrogen) atoms. The van der Waals surface area contributed by atoms with Crippen molar-refractivity contribution in [1.82, 2.24) is 0 Å². The first kappa shape index (κ1) is 33.6. The Morgan fingerprint density at radius 1 is 0.339 bits per heavy atom. The van der Waals surface area contributed by atoms with Crippen LogP contribution in [0, 0.1) is 0 Å². The summed E-state index contributed by atoms with van der Waals surface area (Å²) in [5.74, 6) is 0. The highest BCUT2D eigenvalue weighted by atomic mass is 15.1. The van der Waals surface area contributed by atoms with E-state index < -0.39 is 0 Å². The summed E-state index contributed by atoms with van der Waals surface area (Å²) in [6.45, 7) is 4.75. The van der Waals surface area contributed by atoms with Crippen molar-refractivity contribution in [1.29, 1.82) is 0 Å². The van der Waals surface area contributed by atoms with E-state index in [2.05, 4.69) is 231 Å². The molecule has 0 saturated carbocycles. The lowest BCUT2D eigenvalue weighted by Gasteiger charge is -2.30. The van der Waals surface area contributed by atoms with Gasteiger partial charge in [0, 0.05) is 22.4 Å². The Bertz CT molecular complexity index is 2850. The van der Waals surface area contributed by atoms with Crippen LogP contribution in [0.2, 0.25) is 0 Å². The lowest BCUT2D eigenvalue weighted by Crippen LogP contribution is -2.17. The van der Waals surface area contributed by atoms with E-state index >= 15 is 0 Å². The molecular weight excluding hydrogens is 675 g/mol. The topological polar surface area (TPSA) is 3.24 Å². The Morgan fingerprint density at radius 3 is 1.70 bits per heavy atom. The van der Waals surface area contributed by atoms with Crippen LogP contribution < -0.4 is 4.90 Å². The fraction of sp³-hybridized carbons (Fsp3) is 0.0545.